The van der Waals surface area contributed by atoms with Gasteiger partial charge < -0.3 is 10.1 Å². The molecule has 100 valence electrons. The Morgan fingerprint density at radius 1 is 1.50 bits per heavy atom. The number of nitrogens with one attached hydrogen (secondary N) is 1. The second-order valence-electron chi connectivity index (χ2n) is 4.49. The number of benzene rings is 1. The van der Waals surface area contributed by atoms with Crippen LogP contribution in [0.2, 0.25) is 0 Å². The molecule has 0 radical (unpaired) electrons. The first kappa shape index (κ1) is 15.3. The lowest BCUT2D eigenvalue weighted by Crippen LogP contribution is -2.21. The van der Waals surface area contributed by atoms with Crippen molar-refractivity contribution in [1.29, 1.82) is 0 Å². The standard InChI is InChI=1S/C15H22BrNO/c1-5-17-15(9-6-11(2)3)13-10-12(18-4)7-8-14(13)16/h7-8,10,15,17H,2,5-6,9H2,1,3-4H3. The minimum absolute atomic E-state index is 0.330. The van der Waals surface area contributed by atoms with Gasteiger partial charge in [0.2, 0.25) is 0 Å². The second kappa shape index (κ2) is 7.59. The highest BCUT2D eigenvalue weighted by Crippen LogP contribution is 2.30. The average molecular weight is 312 g/mol. The van der Waals surface area contributed by atoms with Crippen LogP contribution in [0.25, 0.3) is 0 Å². The van der Waals surface area contributed by atoms with Gasteiger partial charge in [0.1, 0.15) is 5.75 Å². The molecule has 0 saturated heterocycles. The fourth-order valence-corrected chi connectivity index (χ4v) is 2.44. The molecule has 0 aliphatic rings. The van der Waals surface area contributed by atoms with Gasteiger partial charge in [-0.3, -0.25) is 0 Å². The summed E-state index contributed by atoms with van der Waals surface area (Å²) in [5, 5.41) is 3.52. The number of ether oxygens (including phenoxy) is 1. The predicted molar refractivity (Wildman–Crippen MR) is 81.2 cm³/mol. The van der Waals surface area contributed by atoms with E-state index in [9.17, 15) is 0 Å². The van der Waals surface area contributed by atoms with Crippen LogP contribution in [0.15, 0.2) is 34.8 Å². The van der Waals surface area contributed by atoms with Crippen LogP contribution in [0.1, 0.15) is 38.3 Å². The van der Waals surface area contributed by atoms with Crippen molar-refractivity contribution in [2.24, 2.45) is 0 Å². The van der Waals surface area contributed by atoms with Gasteiger partial charge in [0.05, 0.1) is 7.11 Å². The highest BCUT2D eigenvalue weighted by Gasteiger charge is 2.14. The largest absolute Gasteiger partial charge is 0.497 e. The highest BCUT2D eigenvalue weighted by molar-refractivity contribution is 9.10. The highest BCUT2D eigenvalue weighted by atomic mass is 79.9. The molecule has 0 aliphatic carbocycles. The van der Waals surface area contributed by atoms with Crippen molar-refractivity contribution in [3.8, 4) is 5.75 Å². The van der Waals surface area contributed by atoms with E-state index in [0.29, 0.717) is 6.04 Å². The monoisotopic (exact) mass is 311 g/mol. The molecule has 1 atom stereocenters. The molecule has 0 fully saturated rings. The van der Waals surface area contributed by atoms with Crippen molar-refractivity contribution in [2.75, 3.05) is 13.7 Å². The Morgan fingerprint density at radius 2 is 2.22 bits per heavy atom. The summed E-state index contributed by atoms with van der Waals surface area (Å²) in [6.07, 6.45) is 2.08. The molecule has 0 bridgehead atoms. The Morgan fingerprint density at radius 3 is 2.78 bits per heavy atom. The van der Waals surface area contributed by atoms with Crippen LogP contribution in [-0.4, -0.2) is 13.7 Å². The first-order valence-electron chi connectivity index (χ1n) is 6.29. The molecule has 1 N–H and O–H groups in total. The Bertz CT molecular complexity index is 403. The van der Waals surface area contributed by atoms with E-state index in [0.717, 1.165) is 29.6 Å². The smallest absolute Gasteiger partial charge is 0.119 e. The fourth-order valence-electron chi connectivity index (χ4n) is 1.92. The van der Waals surface area contributed by atoms with Gasteiger partial charge in [0, 0.05) is 10.5 Å². The van der Waals surface area contributed by atoms with E-state index in [2.05, 4.69) is 47.7 Å². The third-order valence-corrected chi connectivity index (χ3v) is 3.61. The molecule has 0 spiro atoms. The van der Waals surface area contributed by atoms with Crippen LogP contribution in [0.3, 0.4) is 0 Å². The molecular weight excluding hydrogens is 290 g/mol. The summed E-state index contributed by atoms with van der Waals surface area (Å²) in [6, 6.07) is 6.43. The number of halogens is 1. The summed E-state index contributed by atoms with van der Waals surface area (Å²) in [7, 11) is 1.70. The van der Waals surface area contributed by atoms with Gasteiger partial charge >= 0.3 is 0 Å². The maximum absolute atomic E-state index is 5.30. The van der Waals surface area contributed by atoms with Crippen molar-refractivity contribution in [3.63, 3.8) is 0 Å². The van der Waals surface area contributed by atoms with Gasteiger partial charge in [-0.1, -0.05) is 28.4 Å². The number of allylic oxidation sites excluding steroid dienone is 1. The van der Waals surface area contributed by atoms with Crippen molar-refractivity contribution < 1.29 is 4.74 Å². The predicted octanol–water partition coefficient (Wildman–Crippen LogP) is 4.46. The average Bonchev–Trinajstić information content (AvgIpc) is 2.35. The molecule has 1 rings (SSSR count). The summed E-state index contributed by atoms with van der Waals surface area (Å²) in [4.78, 5) is 0. The third-order valence-electron chi connectivity index (χ3n) is 2.89. The van der Waals surface area contributed by atoms with Crippen molar-refractivity contribution in [3.05, 3.63) is 40.4 Å². The Kier molecular flexibility index (Phi) is 6.44. The maximum atomic E-state index is 5.30. The topological polar surface area (TPSA) is 21.3 Å². The molecule has 0 heterocycles. The molecule has 3 heteroatoms. The number of hydrogen-bond donors (Lipinski definition) is 1. The summed E-state index contributed by atoms with van der Waals surface area (Å²) in [5.41, 5.74) is 2.47. The van der Waals surface area contributed by atoms with E-state index in [1.165, 1.54) is 11.1 Å². The molecular formula is C15H22BrNO. The Hall–Kier alpha value is -0.800. The van der Waals surface area contributed by atoms with Crippen molar-refractivity contribution in [2.45, 2.75) is 32.7 Å². The van der Waals surface area contributed by atoms with Gasteiger partial charge in [-0.25, -0.2) is 0 Å². The van der Waals surface area contributed by atoms with Crippen molar-refractivity contribution >= 4 is 15.9 Å². The molecule has 0 aliphatic heterocycles. The Labute approximate surface area is 119 Å². The lowest BCUT2D eigenvalue weighted by Gasteiger charge is -2.20. The molecule has 0 amide bonds. The molecule has 1 aromatic rings. The molecule has 0 aromatic heterocycles. The zero-order chi connectivity index (χ0) is 13.5. The number of methoxy groups -OCH3 is 1. The zero-order valence-corrected chi connectivity index (χ0v) is 13.0. The second-order valence-corrected chi connectivity index (χ2v) is 5.35. The van der Waals surface area contributed by atoms with Crippen LogP contribution in [0, 0.1) is 0 Å². The summed E-state index contributed by atoms with van der Waals surface area (Å²) < 4.78 is 6.42. The SMILES string of the molecule is C=C(C)CCC(NCC)c1cc(OC)ccc1Br. The molecule has 1 unspecified atom stereocenters. The molecule has 2 nitrogen and oxygen atoms in total. The molecule has 0 saturated carbocycles. The quantitative estimate of drug-likeness (QED) is 0.750. The van der Waals surface area contributed by atoms with Crippen LogP contribution >= 0.6 is 15.9 Å². The minimum atomic E-state index is 0.330. The minimum Gasteiger partial charge on any atom is -0.497 e. The summed E-state index contributed by atoms with van der Waals surface area (Å²) >= 11 is 3.62. The van der Waals surface area contributed by atoms with E-state index < -0.39 is 0 Å². The fraction of sp³-hybridized carbons (Fsp3) is 0.467. The van der Waals surface area contributed by atoms with E-state index in [1.807, 2.05) is 12.1 Å². The van der Waals surface area contributed by atoms with Crippen molar-refractivity contribution in [1.82, 2.24) is 5.32 Å². The molecule has 18 heavy (non-hydrogen) atoms. The lowest BCUT2D eigenvalue weighted by atomic mass is 9.99. The van der Waals surface area contributed by atoms with Crippen LogP contribution in [0.4, 0.5) is 0 Å². The van der Waals surface area contributed by atoms with Gasteiger partial charge in [0.15, 0.2) is 0 Å². The zero-order valence-electron chi connectivity index (χ0n) is 11.4. The van der Waals surface area contributed by atoms with Gasteiger partial charge in [-0.05, 0) is 50.1 Å². The maximum Gasteiger partial charge on any atom is 0.119 e. The van der Waals surface area contributed by atoms with E-state index >= 15 is 0 Å². The third kappa shape index (κ3) is 4.46. The van der Waals surface area contributed by atoms with E-state index in [-0.39, 0.29) is 0 Å². The van der Waals surface area contributed by atoms with Crippen LogP contribution in [0.5, 0.6) is 5.75 Å². The summed E-state index contributed by atoms with van der Waals surface area (Å²) in [6.45, 7) is 9.12. The van der Waals surface area contributed by atoms with Crippen LogP contribution < -0.4 is 10.1 Å². The van der Waals surface area contributed by atoms with Gasteiger partial charge in [-0.15, -0.1) is 6.58 Å². The molecule has 1 aromatic carbocycles. The van der Waals surface area contributed by atoms with Gasteiger partial charge in [-0.2, -0.15) is 0 Å². The van der Waals surface area contributed by atoms with Crippen LogP contribution in [-0.2, 0) is 0 Å². The number of hydrogen-bond acceptors (Lipinski definition) is 2. The first-order chi connectivity index (χ1) is 8.58. The normalized spacial score (nSPS) is 12.2. The van der Waals surface area contributed by atoms with E-state index in [1.54, 1.807) is 7.11 Å². The first-order valence-corrected chi connectivity index (χ1v) is 7.09. The summed E-state index contributed by atoms with van der Waals surface area (Å²) in [5.74, 6) is 0.895. The number of rotatable bonds is 7. The Balaban J connectivity index is 2.92. The van der Waals surface area contributed by atoms with E-state index in [4.69, 9.17) is 4.74 Å². The lowest BCUT2D eigenvalue weighted by molar-refractivity contribution is 0.412. The van der Waals surface area contributed by atoms with Gasteiger partial charge in [0.25, 0.3) is 0 Å².